The molecule has 0 radical (unpaired) electrons. The predicted molar refractivity (Wildman–Crippen MR) is 82.6 cm³/mol. The van der Waals surface area contributed by atoms with E-state index in [-0.39, 0.29) is 12.4 Å². The number of aliphatic hydroxyl groups is 1. The number of para-hydroxylation sites is 1. The summed E-state index contributed by atoms with van der Waals surface area (Å²) in [7, 11) is 1.93. The summed E-state index contributed by atoms with van der Waals surface area (Å²) in [5.74, 6) is -0.162. The van der Waals surface area contributed by atoms with Crippen LogP contribution in [0, 0.1) is 5.82 Å². The topological polar surface area (TPSA) is 35.5 Å². The number of unbranched alkanes of at least 4 members (excludes halogenated alkanes) is 2. The highest BCUT2D eigenvalue weighted by Crippen LogP contribution is 2.24. The lowest BCUT2D eigenvalue weighted by Gasteiger charge is -2.23. The monoisotopic (exact) mass is 282 g/mol. The van der Waals surface area contributed by atoms with Crippen LogP contribution in [0.2, 0.25) is 0 Å². The maximum absolute atomic E-state index is 14.1. The molecule has 0 fully saturated rings. The third-order valence-corrected chi connectivity index (χ3v) is 3.35. The summed E-state index contributed by atoms with van der Waals surface area (Å²) in [5.41, 5.74) is 1.70. The number of hydrogen-bond donors (Lipinski definition) is 2. The summed E-state index contributed by atoms with van der Waals surface area (Å²) in [6, 6.07) is 5.26. The first kappa shape index (κ1) is 16.9. The van der Waals surface area contributed by atoms with Crippen molar-refractivity contribution in [1.82, 2.24) is 5.32 Å². The smallest absolute Gasteiger partial charge is 0.146 e. The summed E-state index contributed by atoms with van der Waals surface area (Å²) < 4.78 is 14.1. The summed E-state index contributed by atoms with van der Waals surface area (Å²) in [6.45, 7) is 4.79. The largest absolute Gasteiger partial charge is 0.396 e. The third-order valence-electron chi connectivity index (χ3n) is 3.35. The molecule has 2 N–H and O–H groups in total. The normalized spacial score (nSPS) is 10.8. The molecule has 0 saturated heterocycles. The molecule has 0 aliphatic rings. The van der Waals surface area contributed by atoms with E-state index in [1.807, 2.05) is 18.0 Å². The van der Waals surface area contributed by atoms with Gasteiger partial charge in [-0.1, -0.05) is 19.1 Å². The lowest BCUT2D eigenvalue weighted by Crippen LogP contribution is -2.23. The molecular formula is C16H27FN2O. The zero-order chi connectivity index (χ0) is 14.8. The van der Waals surface area contributed by atoms with Crippen LogP contribution >= 0.6 is 0 Å². The molecular weight excluding hydrogens is 255 g/mol. The molecule has 0 atom stereocenters. The van der Waals surface area contributed by atoms with Gasteiger partial charge in [-0.3, -0.25) is 0 Å². The second kappa shape index (κ2) is 9.72. The Labute approximate surface area is 121 Å². The zero-order valence-electron chi connectivity index (χ0n) is 12.7. The molecule has 20 heavy (non-hydrogen) atoms. The van der Waals surface area contributed by atoms with Crippen molar-refractivity contribution in [3.05, 3.63) is 29.6 Å². The number of nitrogens with zero attached hydrogens (tertiary/aromatic N) is 1. The Bertz CT molecular complexity index is 385. The Hall–Kier alpha value is -1.13. The summed E-state index contributed by atoms with van der Waals surface area (Å²) >= 11 is 0. The predicted octanol–water partition coefficient (Wildman–Crippen LogP) is 2.92. The number of hydrogen-bond acceptors (Lipinski definition) is 3. The van der Waals surface area contributed by atoms with Gasteiger partial charge in [0.2, 0.25) is 0 Å². The SMILES string of the molecule is CCCNCc1cccc(F)c1N(C)CCCCCO. The fourth-order valence-electron chi connectivity index (χ4n) is 2.28. The Morgan fingerprint density at radius 1 is 1.25 bits per heavy atom. The Morgan fingerprint density at radius 3 is 2.75 bits per heavy atom. The van der Waals surface area contributed by atoms with E-state index in [0.717, 1.165) is 44.3 Å². The molecule has 3 nitrogen and oxygen atoms in total. The second-order valence-electron chi connectivity index (χ2n) is 5.13. The first-order valence-corrected chi connectivity index (χ1v) is 7.50. The van der Waals surface area contributed by atoms with Crippen molar-refractivity contribution in [2.75, 3.05) is 31.6 Å². The highest BCUT2D eigenvalue weighted by molar-refractivity contribution is 5.54. The average molecular weight is 282 g/mol. The van der Waals surface area contributed by atoms with E-state index in [4.69, 9.17) is 5.11 Å². The minimum atomic E-state index is -0.162. The van der Waals surface area contributed by atoms with Gasteiger partial charge in [-0.15, -0.1) is 0 Å². The maximum atomic E-state index is 14.1. The number of anilines is 1. The molecule has 0 aliphatic carbocycles. The highest BCUT2D eigenvalue weighted by Gasteiger charge is 2.12. The lowest BCUT2D eigenvalue weighted by molar-refractivity contribution is 0.283. The summed E-state index contributed by atoms with van der Waals surface area (Å²) in [4.78, 5) is 1.98. The minimum absolute atomic E-state index is 0.162. The van der Waals surface area contributed by atoms with Crippen molar-refractivity contribution in [2.24, 2.45) is 0 Å². The minimum Gasteiger partial charge on any atom is -0.396 e. The van der Waals surface area contributed by atoms with Gasteiger partial charge in [-0.2, -0.15) is 0 Å². The van der Waals surface area contributed by atoms with Gasteiger partial charge in [-0.05, 0) is 43.9 Å². The van der Waals surface area contributed by atoms with Gasteiger partial charge in [0.15, 0.2) is 0 Å². The average Bonchev–Trinajstić information content (AvgIpc) is 2.44. The van der Waals surface area contributed by atoms with Crippen LogP contribution in [-0.4, -0.2) is 31.9 Å². The van der Waals surface area contributed by atoms with Crippen LogP contribution in [0.5, 0.6) is 0 Å². The third kappa shape index (κ3) is 5.47. The number of rotatable bonds is 10. The van der Waals surface area contributed by atoms with Crippen LogP contribution in [0.4, 0.5) is 10.1 Å². The Kier molecular flexibility index (Phi) is 8.23. The van der Waals surface area contributed by atoms with Crippen LogP contribution in [0.1, 0.15) is 38.2 Å². The van der Waals surface area contributed by atoms with Crippen LogP contribution in [-0.2, 0) is 6.54 Å². The van der Waals surface area contributed by atoms with Crippen LogP contribution in [0.25, 0.3) is 0 Å². The lowest BCUT2D eigenvalue weighted by atomic mass is 10.1. The van der Waals surface area contributed by atoms with Gasteiger partial charge >= 0.3 is 0 Å². The zero-order valence-corrected chi connectivity index (χ0v) is 12.7. The van der Waals surface area contributed by atoms with Crippen molar-refractivity contribution in [1.29, 1.82) is 0 Å². The molecule has 0 saturated carbocycles. The standard InChI is InChI=1S/C16H27FN2O/c1-3-10-18-13-14-8-7-9-15(17)16(14)19(2)11-5-4-6-12-20/h7-9,18,20H,3-6,10-13H2,1-2H3. The van der Waals surface area contributed by atoms with Crippen molar-refractivity contribution in [2.45, 2.75) is 39.2 Å². The van der Waals surface area contributed by atoms with Gasteiger partial charge in [0.05, 0.1) is 5.69 Å². The molecule has 0 heterocycles. The van der Waals surface area contributed by atoms with Gasteiger partial charge < -0.3 is 15.3 Å². The van der Waals surface area contributed by atoms with E-state index in [0.29, 0.717) is 12.2 Å². The van der Waals surface area contributed by atoms with Crippen molar-refractivity contribution >= 4 is 5.69 Å². The summed E-state index contributed by atoms with van der Waals surface area (Å²) in [5, 5.41) is 12.1. The number of benzene rings is 1. The quantitative estimate of drug-likeness (QED) is 0.648. The molecule has 114 valence electrons. The fourth-order valence-corrected chi connectivity index (χ4v) is 2.28. The van der Waals surface area contributed by atoms with E-state index in [1.165, 1.54) is 6.07 Å². The molecule has 0 aromatic heterocycles. The Morgan fingerprint density at radius 2 is 2.05 bits per heavy atom. The molecule has 1 aromatic carbocycles. The second-order valence-corrected chi connectivity index (χ2v) is 5.13. The fraction of sp³-hybridized carbons (Fsp3) is 0.625. The molecule has 0 aliphatic heterocycles. The molecule has 1 rings (SSSR count). The van der Waals surface area contributed by atoms with Gasteiger partial charge in [-0.25, -0.2) is 4.39 Å². The van der Waals surface area contributed by atoms with Crippen LogP contribution in [0.15, 0.2) is 18.2 Å². The van der Waals surface area contributed by atoms with Crippen molar-refractivity contribution in [3.8, 4) is 0 Å². The van der Waals surface area contributed by atoms with Crippen molar-refractivity contribution in [3.63, 3.8) is 0 Å². The van der Waals surface area contributed by atoms with E-state index in [2.05, 4.69) is 12.2 Å². The first-order chi connectivity index (χ1) is 9.70. The van der Waals surface area contributed by atoms with Gasteiger partial charge in [0.1, 0.15) is 5.82 Å². The number of aliphatic hydroxyl groups excluding tert-OH is 1. The highest BCUT2D eigenvalue weighted by atomic mass is 19.1. The van der Waals surface area contributed by atoms with Gasteiger partial charge in [0.25, 0.3) is 0 Å². The van der Waals surface area contributed by atoms with E-state index < -0.39 is 0 Å². The molecule has 0 spiro atoms. The Balaban J connectivity index is 2.65. The van der Waals surface area contributed by atoms with E-state index in [9.17, 15) is 4.39 Å². The van der Waals surface area contributed by atoms with E-state index >= 15 is 0 Å². The number of nitrogens with one attached hydrogen (secondary N) is 1. The maximum Gasteiger partial charge on any atom is 0.146 e. The molecule has 1 aromatic rings. The van der Waals surface area contributed by atoms with Crippen LogP contribution < -0.4 is 10.2 Å². The summed E-state index contributed by atoms with van der Waals surface area (Å²) in [6.07, 6.45) is 3.82. The molecule has 4 heteroatoms. The van der Waals surface area contributed by atoms with Crippen LogP contribution in [0.3, 0.4) is 0 Å². The van der Waals surface area contributed by atoms with Crippen molar-refractivity contribution < 1.29 is 9.50 Å². The molecule has 0 amide bonds. The number of halogens is 1. The molecule has 0 bridgehead atoms. The van der Waals surface area contributed by atoms with Gasteiger partial charge in [0, 0.05) is 26.7 Å². The first-order valence-electron chi connectivity index (χ1n) is 7.50. The van der Waals surface area contributed by atoms with E-state index in [1.54, 1.807) is 6.07 Å². The molecule has 0 unspecified atom stereocenters.